The van der Waals surface area contributed by atoms with Crippen molar-refractivity contribution in [2.45, 2.75) is 58.4 Å². The number of nitrogens with two attached hydrogens (primary N) is 1. The van der Waals surface area contributed by atoms with E-state index in [1.807, 2.05) is 11.3 Å². The van der Waals surface area contributed by atoms with Gasteiger partial charge in [0.2, 0.25) is 0 Å². The van der Waals surface area contributed by atoms with Gasteiger partial charge in [-0.25, -0.2) is 0 Å². The van der Waals surface area contributed by atoms with Crippen LogP contribution >= 0.6 is 27.3 Å². The molecule has 1 aliphatic rings. The molecular formula is C15H24BrNS. The van der Waals surface area contributed by atoms with Crippen molar-refractivity contribution in [3.8, 4) is 0 Å². The van der Waals surface area contributed by atoms with Gasteiger partial charge in [-0.2, -0.15) is 0 Å². The highest BCUT2D eigenvalue weighted by atomic mass is 79.9. The lowest BCUT2D eigenvalue weighted by Gasteiger charge is -2.37. The van der Waals surface area contributed by atoms with Crippen molar-refractivity contribution >= 4 is 27.3 Å². The van der Waals surface area contributed by atoms with Crippen LogP contribution in [0.25, 0.3) is 0 Å². The van der Waals surface area contributed by atoms with E-state index in [-0.39, 0.29) is 0 Å². The second-order valence-electron chi connectivity index (χ2n) is 6.18. The Morgan fingerprint density at radius 2 is 2.00 bits per heavy atom. The molecule has 3 heteroatoms. The predicted molar refractivity (Wildman–Crippen MR) is 84.1 cm³/mol. The minimum Gasteiger partial charge on any atom is -0.327 e. The Labute approximate surface area is 123 Å². The first-order chi connectivity index (χ1) is 8.52. The molecule has 0 spiro atoms. The number of halogens is 1. The third-order valence-corrected chi connectivity index (χ3v) is 5.90. The standard InChI is InChI=1S/C15H24BrNS/c1-11(2)10-15(7-3-4-8-15)13(17)9-12-5-6-14(16)18-12/h5-6,11,13H,3-4,7-10,17H2,1-2H3. The van der Waals surface area contributed by atoms with E-state index in [1.54, 1.807) is 0 Å². The van der Waals surface area contributed by atoms with Crippen molar-refractivity contribution in [2.75, 3.05) is 0 Å². The monoisotopic (exact) mass is 329 g/mol. The third kappa shape index (κ3) is 3.37. The molecule has 1 atom stereocenters. The van der Waals surface area contributed by atoms with Gasteiger partial charge >= 0.3 is 0 Å². The summed E-state index contributed by atoms with van der Waals surface area (Å²) in [5, 5.41) is 0. The van der Waals surface area contributed by atoms with Gasteiger partial charge in [0.15, 0.2) is 0 Å². The molecule has 1 fully saturated rings. The Bertz CT molecular complexity index is 380. The molecule has 0 amide bonds. The van der Waals surface area contributed by atoms with Crippen LogP contribution in [0.1, 0.15) is 50.8 Å². The van der Waals surface area contributed by atoms with Gasteiger partial charge in [-0.1, -0.05) is 26.7 Å². The molecule has 1 unspecified atom stereocenters. The van der Waals surface area contributed by atoms with Crippen molar-refractivity contribution in [1.82, 2.24) is 0 Å². The van der Waals surface area contributed by atoms with Crippen molar-refractivity contribution in [2.24, 2.45) is 17.1 Å². The number of thiophene rings is 1. The van der Waals surface area contributed by atoms with E-state index in [9.17, 15) is 0 Å². The van der Waals surface area contributed by atoms with E-state index in [4.69, 9.17) is 5.73 Å². The smallest absolute Gasteiger partial charge is 0.0701 e. The lowest BCUT2D eigenvalue weighted by molar-refractivity contribution is 0.182. The Kier molecular flexibility index (Phi) is 4.90. The third-order valence-electron chi connectivity index (χ3n) is 4.25. The SMILES string of the molecule is CC(C)CC1(C(N)Cc2ccc(Br)s2)CCCC1. The molecule has 1 aliphatic carbocycles. The van der Waals surface area contributed by atoms with Crippen LogP contribution in [-0.2, 0) is 6.42 Å². The maximum atomic E-state index is 6.59. The van der Waals surface area contributed by atoms with Crippen LogP contribution in [0, 0.1) is 11.3 Å². The van der Waals surface area contributed by atoms with Gasteiger partial charge in [0, 0.05) is 10.9 Å². The lowest BCUT2D eigenvalue weighted by Crippen LogP contribution is -2.42. The summed E-state index contributed by atoms with van der Waals surface area (Å²) in [4.78, 5) is 1.42. The second-order valence-corrected chi connectivity index (χ2v) is 8.73. The summed E-state index contributed by atoms with van der Waals surface area (Å²) in [5.41, 5.74) is 7.00. The number of rotatable bonds is 5. The van der Waals surface area contributed by atoms with Crippen molar-refractivity contribution < 1.29 is 0 Å². The van der Waals surface area contributed by atoms with Crippen molar-refractivity contribution in [3.05, 3.63) is 20.8 Å². The quantitative estimate of drug-likeness (QED) is 0.809. The van der Waals surface area contributed by atoms with Crippen LogP contribution in [0.5, 0.6) is 0 Å². The van der Waals surface area contributed by atoms with Crippen molar-refractivity contribution in [1.29, 1.82) is 0 Å². The average molecular weight is 330 g/mol. The van der Waals surface area contributed by atoms with Gasteiger partial charge in [0.05, 0.1) is 3.79 Å². The average Bonchev–Trinajstić information content (AvgIpc) is 2.88. The summed E-state index contributed by atoms with van der Waals surface area (Å²) in [5.74, 6) is 0.754. The largest absolute Gasteiger partial charge is 0.327 e. The molecule has 102 valence electrons. The fraction of sp³-hybridized carbons (Fsp3) is 0.733. The highest BCUT2D eigenvalue weighted by molar-refractivity contribution is 9.11. The Hall–Kier alpha value is 0.140. The lowest BCUT2D eigenvalue weighted by atomic mass is 9.72. The molecule has 0 aliphatic heterocycles. The molecule has 0 radical (unpaired) electrons. The molecule has 2 N–H and O–H groups in total. The summed E-state index contributed by atoms with van der Waals surface area (Å²) in [6.45, 7) is 4.66. The molecule has 1 nitrogen and oxygen atoms in total. The predicted octanol–water partition coefficient (Wildman–Crippen LogP) is 4.99. The zero-order chi connectivity index (χ0) is 13.2. The van der Waals surface area contributed by atoms with Gasteiger partial charge in [-0.05, 0) is 65.1 Å². The second kappa shape index (κ2) is 6.06. The van der Waals surface area contributed by atoms with E-state index in [1.165, 1.54) is 40.8 Å². The highest BCUT2D eigenvalue weighted by Gasteiger charge is 2.39. The summed E-state index contributed by atoms with van der Waals surface area (Å²) < 4.78 is 1.22. The first-order valence-electron chi connectivity index (χ1n) is 7.02. The molecule has 1 saturated carbocycles. The van der Waals surface area contributed by atoms with Crippen LogP contribution in [0.4, 0.5) is 0 Å². The van der Waals surface area contributed by atoms with Gasteiger partial charge in [-0.3, -0.25) is 0 Å². The fourth-order valence-corrected chi connectivity index (χ4v) is 5.05. The van der Waals surface area contributed by atoms with Gasteiger partial charge < -0.3 is 5.73 Å². The van der Waals surface area contributed by atoms with Gasteiger partial charge in [0.25, 0.3) is 0 Å². The minimum atomic E-state index is 0.327. The molecule has 1 heterocycles. The van der Waals surface area contributed by atoms with Crippen LogP contribution in [0.2, 0.25) is 0 Å². The van der Waals surface area contributed by atoms with E-state index in [2.05, 4.69) is 41.9 Å². The maximum absolute atomic E-state index is 6.59. The van der Waals surface area contributed by atoms with E-state index < -0.39 is 0 Å². The van der Waals surface area contributed by atoms with Crippen LogP contribution in [0.3, 0.4) is 0 Å². The molecule has 0 aromatic carbocycles. The maximum Gasteiger partial charge on any atom is 0.0701 e. The molecule has 1 aromatic heterocycles. The zero-order valence-electron chi connectivity index (χ0n) is 11.4. The summed E-state index contributed by atoms with van der Waals surface area (Å²) in [6.07, 6.45) is 7.74. The fourth-order valence-electron chi connectivity index (χ4n) is 3.51. The van der Waals surface area contributed by atoms with E-state index in [0.717, 1.165) is 12.3 Å². The summed E-state index contributed by atoms with van der Waals surface area (Å²) in [6, 6.07) is 4.68. The number of hydrogen-bond acceptors (Lipinski definition) is 2. The molecular weight excluding hydrogens is 306 g/mol. The summed E-state index contributed by atoms with van der Waals surface area (Å²) in [7, 11) is 0. The molecule has 0 bridgehead atoms. The van der Waals surface area contributed by atoms with Crippen molar-refractivity contribution in [3.63, 3.8) is 0 Å². The normalized spacial score (nSPS) is 20.5. The van der Waals surface area contributed by atoms with Crippen LogP contribution in [0.15, 0.2) is 15.9 Å². The number of hydrogen-bond donors (Lipinski definition) is 1. The Balaban J connectivity index is 2.06. The molecule has 18 heavy (non-hydrogen) atoms. The Morgan fingerprint density at radius 3 is 2.50 bits per heavy atom. The molecule has 1 aromatic rings. The zero-order valence-corrected chi connectivity index (χ0v) is 13.8. The first kappa shape index (κ1) is 14.5. The van der Waals surface area contributed by atoms with Crippen LogP contribution < -0.4 is 5.73 Å². The Morgan fingerprint density at radius 1 is 1.33 bits per heavy atom. The van der Waals surface area contributed by atoms with E-state index >= 15 is 0 Å². The highest BCUT2D eigenvalue weighted by Crippen LogP contribution is 2.46. The topological polar surface area (TPSA) is 26.0 Å². The van der Waals surface area contributed by atoms with Gasteiger partial charge in [-0.15, -0.1) is 11.3 Å². The first-order valence-corrected chi connectivity index (χ1v) is 8.62. The summed E-state index contributed by atoms with van der Waals surface area (Å²) >= 11 is 5.37. The molecule has 0 saturated heterocycles. The van der Waals surface area contributed by atoms with Gasteiger partial charge in [0.1, 0.15) is 0 Å². The minimum absolute atomic E-state index is 0.327. The molecule has 2 rings (SSSR count). The van der Waals surface area contributed by atoms with E-state index in [0.29, 0.717) is 11.5 Å². The van der Waals surface area contributed by atoms with Crippen LogP contribution in [-0.4, -0.2) is 6.04 Å².